The number of anilines is 1. The summed E-state index contributed by atoms with van der Waals surface area (Å²) < 4.78 is 0. The van der Waals surface area contributed by atoms with Gasteiger partial charge >= 0.3 is 0 Å². The lowest BCUT2D eigenvalue weighted by atomic mass is 9.68. The van der Waals surface area contributed by atoms with Crippen molar-refractivity contribution in [3.63, 3.8) is 0 Å². The molecule has 0 radical (unpaired) electrons. The van der Waals surface area contributed by atoms with Gasteiger partial charge in [0.05, 0.1) is 12.0 Å². The first-order valence-corrected chi connectivity index (χ1v) is 8.89. The van der Waals surface area contributed by atoms with Crippen molar-refractivity contribution in [2.45, 2.75) is 31.2 Å². The highest BCUT2D eigenvalue weighted by Gasteiger charge is 2.53. The molecule has 3 nitrogen and oxygen atoms in total. The van der Waals surface area contributed by atoms with Crippen LogP contribution in [-0.2, 0) is 0 Å². The van der Waals surface area contributed by atoms with E-state index in [9.17, 15) is 9.90 Å². The fraction of sp³-hybridized carbons (Fsp3) is 0.381. The van der Waals surface area contributed by atoms with Gasteiger partial charge in [0.1, 0.15) is 0 Å². The van der Waals surface area contributed by atoms with Crippen molar-refractivity contribution >= 4 is 11.7 Å². The second-order valence-electron chi connectivity index (χ2n) is 7.56. The van der Waals surface area contributed by atoms with Gasteiger partial charge in [0.2, 0.25) is 0 Å². The normalized spacial score (nSPS) is 32.8. The van der Waals surface area contributed by atoms with E-state index in [1.807, 2.05) is 12.1 Å². The number of nitrogens with one attached hydrogen (secondary N) is 1. The van der Waals surface area contributed by atoms with Crippen molar-refractivity contribution in [3.8, 4) is 0 Å². The van der Waals surface area contributed by atoms with E-state index >= 15 is 0 Å². The molecule has 5 atom stereocenters. The van der Waals surface area contributed by atoms with Crippen molar-refractivity contribution in [3.05, 3.63) is 65.2 Å². The third-order valence-corrected chi connectivity index (χ3v) is 6.48. The van der Waals surface area contributed by atoms with Gasteiger partial charge in [-0.25, -0.2) is 0 Å². The molecule has 2 saturated carbocycles. The fourth-order valence-electron chi connectivity index (χ4n) is 5.60. The van der Waals surface area contributed by atoms with Crippen LogP contribution in [-0.4, -0.2) is 5.97 Å². The summed E-state index contributed by atoms with van der Waals surface area (Å²) in [7, 11) is 0. The maximum atomic E-state index is 11.3. The van der Waals surface area contributed by atoms with Gasteiger partial charge in [-0.1, -0.05) is 36.4 Å². The molecule has 0 saturated heterocycles. The van der Waals surface area contributed by atoms with E-state index in [2.05, 4.69) is 35.6 Å². The first-order chi connectivity index (χ1) is 11.7. The number of hydrogen-bond donors (Lipinski definition) is 1. The lowest BCUT2D eigenvalue weighted by Crippen LogP contribution is -2.35. The minimum absolute atomic E-state index is 0.301. The summed E-state index contributed by atoms with van der Waals surface area (Å²) in [4.78, 5) is 11.3. The SMILES string of the molecule is O=C([O-])c1ccc2c(c1)[C@H]1[C@H]3CC[C@H](C3)[C@@H]1[C@@H](c1ccccc1)N2. The molecule has 1 heterocycles. The molecule has 2 aliphatic carbocycles. The average Bonchev–Trinajstić information content (AvgIpc) is 3.23. The molecule has 0 spiro atoms. The molecule has 1 aliphatic heterocycles. The Labute approximate surface area is 141 Å². The number of carboxylic acids is 1. The zero-order valence-electron chi connectivity index (χ0n) is 13.4. The van der Waals surface area contributed by atoms with Gasteiger partial charge in [-0.2, -0.15) is 0 Å². The number of aromatic carboxylic acids is 1. The van der Waals surface area contributed by atoms with Crippen LogP contribution in [0.5, 0.6) is 0 Å². The van der Waals surface area contributed by atoms with E-state index in [4.69, 9.17) is 0 Å². The fourth-order valence-corrected chi connectivity index (χ4v) is 5.60. The maximum Gasteiger partial charge on any atom is 0.0715 e. The standard InChI is InChI=1S/C21H21NO2/c23-21(24)15-8-9-17-16(11-15)18-13-6-7-14(10-13)19(18)20(22-17)12-4-2-1-3-5-12/h1-5,8-9,11,13-14,18-20,22H,6-7,10H2,(H,23,24)/p-1/t13-,14+,18+,19-,20+/m0/s1. The van der Waals surface area contributed by atoms with Crippen molar-refractivity contribution in [1.29, 1.82) is 0 Å². The van der Waals surface area contributed by atoms with E-state index in [0.717, 1.165) is 11.6 Å². The first kappa shape index (κ1) is 14.1. The van der Waals surface area contributed by atoms with Gasteiger partial charge < -0.3 is 15.2 Å². The molecule has 2 fully saturated rings. The van der Waals surface area contributed by atoms with Gasteiger partial charge in [0.25, 0.3) is 0 Å². The topological polar surface area (TPSA) is 52.2 Å². The van der Waals surface area contributed by atoms with Crippen LogP contribution in [0.15, 0.2) is 48.5 Å². The predicted octanol–water partition coefficient (Wildman–Crippen LogP) is 3.35. The van der Waals surface area contributed by atoms with Gasteiger partial charge in [-0.15, -0.1) is 0 Å². The number of carbonyl (C=O) groups is 1. The van der Waals surface area contributed by atoms with Crippen LogP contribution in [0.3, 0.4) is 0 Å². The van der Waals surface area contributed by atoms with Crippen LogP contribution in [0.2, 0.25) is 0 Å². The van der Waals surface area contributed by atoms with Crippen molar-refractivity contribution in [2.75, 3.05) is 5.32 Å². The van der Waals surface area contributed by atoms with Gasteiger partial charge in [0, 0.05) is 5.69 Å². The smallest absolute Gasteiger partial charge is 0.0715 e. The minimum atomic E-state index is -1.08. The van der Waals surface area contributed by atoms with E-state index in [1.54, 1.807) is 6.07 Å². The van der Waals surface area contributed by atoms with Crippen LogP contribution >= 0.6 is 0 Å². The van der Waals surface area contributed by atoms with Crippen LogP contribution in [0.25, 0.3) is 0 Å². The van der Waals surface area contributed by atoms with Gasteiger partial charge in [-0.3, -0.25) is 0 Å². The highest BCUT2D eigenvalue weighted by molar-refractivity contribution is 5.87. The Kier molecular flexibility index (Phi) is 2.99. The third-order valence-electron chi connectivity index (χ3n) is 6.48. The molecule has 24 heavy (non-hydrogen) atoms. The van der Waals surface area contributed by atoms with E-state index in [1.165, 1.54) is 30.4 Å². The maximum absolute atomic E-state index is 11.3. The Morgan fingerprint density at radius 1 is 1.04 bits per heavy atom. The zero-order chi connectivity index (χ0) is 16.3. The third kappa shape index (κ3) is 1.94. The molecule has 2 aromatic rings. The molecule has 1 N–H and O–H groups in total. The summed E-state index contributed by atoms with van der Waals surface area (Å²) >= 11 is 0. The molecule has 3 aliphatic rings. The number of hydrogen-bond acceptors (Lipinski definition) is 3. The molecule has 122 valence electrons. The number of fused-ring (bicyclic) bond motifs is 7. The quantitative estimate of drug-likeness (QED) is 0.924. The Morgan fingerprint density at radius 3 is 2.62 bits per heavy atom. The number of carboxylic acid groups (broad SMARTS) is 1. The van der Waals surface area contributed by atoms with Gasteiger partial charge in [-0.05, 0) is 71.8 Å². The summed E-state index contributed by atoms with van der Waals surface area (Å²) in [6.07, 6.45) is 3.88. The molecular weight excluding hydrogens is 298 g/mol. The number of carbonyl (C=O) groups excluding carboxylic acids is 1. The molecule has 0 amide bonds. The molecule has 2 bridgehead atoms. The second kappa shape index (κ2) is 5.10. The van der Waals surface area contributed by atoms with E-state index < -0.39 is 5.97 Å². The first-order valence-electron chi connectivity index (χ1n) is 8.89. The van der Waals surface area contributed by atoms with Crippen molar-refractivity contribution < 1.29 is 9.90 Å². The summed E-state index contributed by atoms with van der Waals surface area (Å²) in [5, 5.41) is 15.0. The number of benzene rings is 2. The van der Waals surface area contributed by atoms with E-state index in [-0.39, 0.29) is 0 Å². The average molecular weight is 318 g/mol. The Balaban J connectivity index is 1.64. The zero-order valence-corrected chi connectivity index (χ0v) is 13.4. The molecule has 0 unspecified atom stereocenters. The molecular formula is C21H20NO2-. The Hall–Kier alpha value is -2.29. The Morgan fingerprint density at radius 2 is 1.83 bits per heavy atom. The van der Waals surface area contributed by atoms with Crippen LogP contribution in [0.4, 0.5) is 5.69 Å². The van der Waals surface area contributed by atoms with Crippen LogP contribution in [0, 0.1) is 17.8 Å². The van der Waals surface area contributed by atoms with Crippen molar-refractivity contribution in [2.24, 2.45) is 17.8 Å². The highest BCUT2D eigenvalue weighted by Crippen LogP contribution is 2.63. The predicted molar refractivity (Wildman–Crippen MR) is 90.6 cm³/mol. The second-order valence-corrected chi connectivity index (χ2v) is 7.56. The van der Waals surface area contributed by atoms with E-state index in [0.29, 0.717) is 29.4 Å². The van der Waals surface area contributed by atoms with Gasteiger partial charge in [0.15, 0.2) is 0 Å². The van der Waals surface area contributed by atoms with Crippen LogP contribution in [0.1, 0.15) is 52.7 Å². The van der Waals surface area contributed by atoms with Crippen LogP contribution < -0.4 is 10.4 Å². The lowest BCUT2D eigenvalue weighted by Gasteiger charge is -2.43. The summed E-state index contributed by atoms with van der Waals surface area (Å²) in [6.45, 7) is 0. The molecule has 2 aromatic carbocycles. The lowest BCUT2D eigenvalue weighted by molar-refractivity contribution is -0.255. The highest BCUT2D eigenvalue weighted by atomic mass is 16.4. The molecule has 0 aromatic heterocycles. The number of rotatable bonds is 2. The minimum Gasteiger partial charge on any atom is -0.545 e. The largest absolute Gasteiger partial charge is 0.545 e. The molecule has 5 rings (SSSR count). The van der Waals surface area contributed by atoms with Crippen molar-refractivity contribution in [1.82, 2.24) is 0 Å². The Bertz CT molecular complexity index is 801. The summed E-state index contributed by atoms with van der Waals surface area (Å²) in [5.74, 6) is 1.41. The summed E-state index contributed by atoms with van der Waals surface area (Å²) in [6, 6.07) is 16.5. The monoisotopic (exact) mass is 318 g/mol. The molecule has 3 heteroatoms. The summed E-state index contributed by atoms with van der Waals surface area (Å²) in [5.41, 5.74) is 3.94.